The van der Waals surface area contributed by atoms with Crippen LogP contribution >= 0.6 is 15.9 Å². The van der Waals surface area contributed by atoms with E-state index in [0.717, 1.165) is 6.42 Å². The second-order valence-electron chi connectivity index (χ2n) is 4.40. The Morgan fingerprint density at radius 2 is 2.07 bits per heavy atom. The SMILES string of the molecule is C=C1CCCC[C@@H]1Cc1ccccc1Br. The first-order chi connectivity index (χ1) is 7.27. The summed E-state index contributed by atoms with van der Waals surface area (Å²) in [6, 6.07) is 8.53. The highest BCUT2D eigenvalue weighted by Crippen LogP contribution is 2.32. The number of benzene rings is 1. The molecule has 1 heteroatoms. The second kappa shape index (κ2) is 4.98. The van der Waals surface area contributed by atoms with Crippen LogP contribution in [0.25, 0.3) is 0 Å². The molecule has 0 saturated heterocycles. The summed E-state index contributed by atoms with van der Waals surface area (Å²) in [5, 5.41) is 0. The molecule has 1 saturated carbocycles. The van der Waals surface area contributed by atoms with Crippen LogP contribution in [0.15, 0.2) is 40.9 Å². The highest BCUT2D eigenvalue weighted by Gasteiger charge is 2.18. The van der Waals surface area contributed by atoms with Crippen molar-refractivity contribution >= 4 is 15.9 Å². The van der Waals surface area contributed by atoms with Gasteiger partial charge in [-0.2, -0.15) is 0 Å². The third-order valence-electron chi connectivity index (χ3n) is 3.30. The van der Waals surface area contributed by atoms with E-state index < -0.39 is 0 Å². The van der Waals surface area contributed by atoms with Crippen molar-refractivity contribution in [2.24, 2.45) is 5.92 Å². The number of halogens is 1. The molecule has 0 aromatic heterocycles. The van der Waals surface area contributed by atoms with E-state index in [0.29, 0.717) is 5.92 Å². The Labute approximate surface area is 101 Å². The van der Waals surface area contributed by atoms with Gasteiger partial charge in [0.15, 0.2) is 0 Å². The van der Waals surface area contributed by atoms with Crippen LogP contribution in [0.4, 0.5) is 0 Å². The number of hydrogen-bond donors (Lipinski definition) is 0. The molecule has 2 rings (SSSR count). The zero-order valence-electron chi connectivity index (χ0n) is 9.01. The average Bonchev–Trinajstić information content (AvgIpc) is 2.24. The van der Waals surface area contributed by atoms with Gasteiger partial charge in [-0.1, -0.05) is 52.7 Å². The fraction of sp³-hybridized carbons (Fsp3) is 0.429. The molecule has 0 amide bonds. The molecule has 1 aromatic carbocycles. The molecule has 0 heterocycles. The smallest absolute Gasteiger partial charge is 0.0207 e. The largest absolute Gasteiger partial charge is 0.0996 e. The van der Waals surface area contributed by atoms with Gasteiger partial charge in [0, 0.05) is 4.47 Å². The minimum Gasteiger partial charge on any atom is -0.0996 e. The molecule has 1 aliphatic carbocycles. The van der Waals surface area contributed by atoms with E-state index in [1.807, 2.05) is 0 Å². The normalized spacial score (nSPS) is 21.7. The van der Waals surface area contributed by atoms with E-state index in [-0.39, 0.29) is 0 Å². The van der Waals surface area contributed by atoms with E-state index >= 15 is 0 Å². The van der Waals surface area contributed by atoms with E-state index in [4.69, 9.17) is 0 Å². The monoisotopic (exact) mass is 264 g/mol. The van der Waals surface area contributed by atoms with Crippen LogP contribution in [0.5, 0.6) is 0 Å². The highest BCUT2D eigenvalue weighted by molar-refractivity contribution is 9.10. The molecule has 0 aliphatic heterocycles. The molecule has 0 N–H and O–H groups in total. The lowest BCUT2D eigenvalue weighted by Crippen LogP contribution is -2.12. The predicted molar refractivity (Wildman–Crippen MR) is 68.9 cm³/mol. The van der Waals surface area contributed by atoms with Gasteiger partial charge in [0.25, 0.3) is 0 Å². The van der Waals surface area contributed by atoms with E-state index in [9.17, 15) is 0 Å². The molecule has 15 heavy (non-hydrogen) atoms. The predicted octanol–water partition coefficient (Wildman–Crippen LogP) is 4.74. The van der Waals surface area contributed by atoms with Gasteiger partial charge >= 0.3 is 0 Å². The van der Waals surface area contributed by atoms with Gasteiger partial charge < -0.3 is 0 Å². The molecule has 0 spiro atoms. The molecule has 0 nitrogen and oxygen atoms in total. The lowest BCUT2D eigenvalue weighted by atomic mass is 9.81. The molecule has 80 valence electrons. The van der Waals surface area contributed by atoms with Crippen LogP contribution in [0, 0.1) is 5.92 Å². The standard InChI is InChI=1S/C14H17Br/c1-11-6-2-3-7-12(11)10-13-8-4-5-9-14(13)15/h4-5,8-9,12H,1-3,6-7,10H2/t12-/m1/s1. The van der Waals surface area contributed by atoms with Crippen molar-refractivity contribution in [3.63, 3.8) is 0 Å². The molecule has 0 unspecified atom stereocenters. The lowest BCUT2D eigenvalue weighted by molar-refractivity contribution is 0.452. The van der Waals surface area contributed by atoms with Gasteiger partial charge in [-0.05, 0) is 43.2 Å². The maximum absolute atomic E-state index is 4.21. The first kappa shape index (κ1) is 10.9. The van der Waals surface area contributed by atoms with E-state index in [1.165, 1.54) is 41.3 Å². The summed E-state index contributed by atoms with van der Waals surface area (Å²) in [7, 11) is 0. The fourth-order valence-electron chi connectivity index (χ4n) is 2.33. The zero-order valence-corrected chi connectivity index (χ0v) is 10.6. The van der Waals surface area contributed by atoms with Gasteiger partial charge in [-0.3, -0.25) is 0 Å². The average molecular weight is 265 g/mol. The lowest BCUT2D eigenvalue weighted by Gasteiger charge is -2.24. The van der Waals surface area contributed by atoms with E-state index in [1.54, 1.807) is 0 Å². The van der Waals surface area contributed by atoms with Gasteiger partial charge in [0.05, 0.1) is 0 Å². The Hall–Kier alpha value is -0.560. The third-order valence-corrected chi connectivity index (χ3v) is 4.08. The summed E-state index contributed by atoms with van der Waals surface area (Å²) in [6.45, 7) is 4.21. The minimum atomic E-state index is 0.706. The number of allylic oxidation sites excluding steroid dienone is 1. The Morgan fingerprint density at radius 1 is 1.27 bits per heavy atom. The quantitative estimate of drug-likeness (QED) is 0.677. The van der Waals surface area contributed by atoms with Crippen LogP contribution in [-0.4, -0.2) is 0 Å². The first-order valence-corrected chi connectivity index (χ1v) is 6.48. The molecule has 0 bridgehead atoms. The highest BCUT2D eigenvalue weighted by atomic mass is 79.9. The second-order valence-corrected chi connectivity index (χ2v) is 5.25. The van der Waals surface area contributed by atoms with Crippen molar-refractivity contribution in [2.45, 2.75) is 32.1 Å². The molecule has 1 atom stereocenters. The van der Waals surface area contributed by atoms with Gasteiger partial charge in [0.2, 0.25) is 0 Å². The van der Waals surface area contributed by atoms with Crippen LogP contribution in [-0.2, 0) is 6.42 Å². The van der Waals surface area contributed by atoms with Crippen molar-refractivity contribution in [1.82, 2.24) is 0 Å². The number of rotatable bonds is 2. The molecule has 1 fully saturated rings. The molecular weight excluding hydrogens is 248 g/mol. The Morgan fingerprint density at radius 3 is 2.80 bits per heavy atom. The summed E-state index contributed by atoms with van der Waals surface area (Å²) < 4.78 is 1.24. The van der Waals surface area contributed by atoms with Crippen molar-refractivity contribution in [1.29, 1.82) is 0 Å². The molecule has 1 aliphatic rings. The fourth-order valence-corrected chi connectivity index (χ4v) is 2.77. The van der Waals surface area contributed by atoms with Gasteiger partial charge in [0.1, 0.15) is 0 Å². The van der Waals surface area contributed by atoms with Crippen LogP contribution in [0.3, 0.4) is 0 Å². The molecule has 0 radical (unpaired) electrons. The van der Waals surface area contributed by atoms with Crippen molar-refractivity contribution < 1.29 is 0 Å². The topological polar surface area (TPSA) is 0 Å². The Balaban J connectivity index is 2.08. The molecular formula is C14H17Br. The van der Waals surface area contributed by atoms with Gasteiger partial charge in [-0.25, -0.2) is 0 Å². The maximum Gasteiger partial charge on any atom is 0.0207 e. The first-order valence-electron chi connectivity index (χ1n) is 5.68. The van der Waals surface area contributed by atoms with Crippen molar-refractivity contribution in [2.75, 3.05) is 0 Å². The summed E-state index contributed by atoms with van der Waals surface area (Å²) in [6.07, 6.45) is 6.41. The van der Waals surface area contributed by atoms with Gasteiger partial charge in [-0.15, -0.1) is 0 Å². The summed E-state index contributed by atoms with van der Waals surface area (Å²) >= 11 is 3.61. The van der Waals surface area contributed by atoms with Crippen molar-refractivity contribution in [3.8, 4) is 0 Å². The Kier molecular flexibility index (Phi) is 3.63. The third kappa shape index (κ3) is 2.72. The van der Waals surface area contributed by atoms with E-state index in [2.05, 4.69) is 46.8 Å². The van der Waals surface area contributed by atoms with Crippen LogP contribution in [0.2, 0.25) is 0 Å². The summed E-state index contributed by atoms with van der Waals surface area (Å²) in [5.74, 6) is 0.706. The zero-order chi connectivity index (χ0) is 10.7. The van der Waals surface area contributed by atoms with Crippen LogP contribution in [0.1, 0.15) is 31.2 Å². The Bertz CT molecular complexity index is 354. The summed E-state index contributed by atoms with van der Waals surface area (Å²) in [4.78, 5) is 0. The van der Waals surface area contributed by atoms with Crippen LogP contribution < -0.4 is 0 Å². The summed E-state index contributed by atoms with van der Waals surface area (Å²) in [5.41, 5.74) is 2.88. The minimum absolute atomic E-state index is 0.706. The number of hydrogen-bond acceptors (Lipinski definition) is 0. The molecule has 1 aromatic rings. The maximum atomic E-state index is 4.21. The van der Waals surface area contributed by atoms with Crippen molar-refractivity contribution in [3.05, 3.63) is 46.5 Å².